The van der Waals surface area contributed by atoms with E-state index in [4.69, 9.17) is 4.74 Å². The number of hydrogen-bond acceptors (Lipinski definition) is 9. The molecule has 1 aromatic carbocycles. The van der Waals surface area contributed by atoms with Gasteiger partial charge in [0.25, 0.3) is 0 Å². The van der Waals surface area contributed by atoms with Gasteiger partial charge in [-0.15, -0.1) is 10.2 Å². The molecule has 140 valence electrons. The van der Waals surface area contributed by atoms with Crippen molar-refractivity contribution in [3.63, 3.8) is 0 Å². The minimum absolute atomic E-state index is 0.0370. The molecule has 0 aliphatic carbocycles. The number of para-hydroxylation sites is 2. The van der Waals surface area contributed by atoms with Gasteiger partial charge in [-0.3, -0.25) is 0 Å². The van der Waals surface area contributed by atoms with Gasteiger partial charge in [0.05, 0.1) is 23.4 Å². The lowest BCUT2D eigenvalue weighted by atomic mass is 10.2. The summed E-state index contributed by atoms with van der Waals surface area (Å²) in [5.41, 5.74) is 1.83. The van der Waals surface area contributed by atoms with Crippen molar-refractivity contribution in [2.45, 2.75) is 4.34 Å². The van der Waals surface area contributed by atoms with Crippen molar-refractivity contribution < 1.29 is 9.84 Å². The zero-order valence-corrected chi connectivity index (χ0v) is 16.5. The molecule has 2 heterocycles. The second kappa shape index (κ2) is 8.85. The van der Waals surface area contributed by atoms with Gasteiger partial charge >= 0.3 is 0 Å². The Hall–Kier alpha value is -2.61. The summed E-state index contributed by atoms with van der Waals surface area (Å²) < 4.78 is 7.47. The number of imidazole rings is 1. The Bertz CT molecular complexity index is 1000. The van der Waals surface area contributed by atoms with Gasteiger partial charge in [0.15, 0.2) is 10.2 Å². The van der Waals surface area contributed by atoms with Crippen LogP contribution in [-0.2, 0) is 11.8 Å². The number of anilines is 1. The minimum atomic E-state index is -0.0370. The number of methoxy groups -OCH3 is 1. The molecule has 0 fully saturated rings. The maximum atomic E-state index is 10.5. The standard InChI is InChI=1S/C17H18N6O2S2/c1-23-13-6-4-3-5-12(13)20-15(23)11(9-18)14(24)10-26-17-22-21-16(27-17)19-7-8-25-2/h3-6,24H,7-8,10H2,1-2H3,(H,19,21)/b14-11-. The Labute approximate surface area is 164 Å². The Balaban J connectivity index is 1.74. The number of hydrogen-bond donors (Lipinski definition) is 2. The summed E-state index contributed by atoms with van der Waals surface area (Å²) in [6.45, 7) is 1.22. The quantitative estimate of drug-likeness (QED) is 0.256. The van der Waals surface area contributed by atoms with Crippen LogP contribution >= 0.6 is 23.1 Å². The van der Waals surface area contributed by atoms with Crippen LogP contribution < -0.4 is 5.32 Å². The van der Waals surface area contributed by atoms with E-state index in [-0.39, 0.29) is 17.1 Å². The SMILES string of the molecule is COCCNc1nnc(SC/C(O)=C(\C#N)c2nc3ccccc3n2C)s1. The number of benzene rings is 1. The molecule has 2 N–H and O–H groups in total. The summed E-state index contributed by atoms with van der Waals surface area (Å²) in [7, 11) is 3.46. The van der Waals surface area contributed by atoms with Crippen molar-refractivity contribution in [1.82, 2.24) is 19.7 Å². The fraction of sp³-hybridized carbons (Fsp3) is 0.294. The molecule has 0 saturated carbocycles. The number of aliphatic hydroxyl groups excluding tert-OH is 1. The number of fused-ring (bicyclic) bond motifs is 1. The van der Waals surface area contributed by atoms with Gasteiger partial charge in [-0.2, -0.15) is 5.26 Å². The maximum absolute atomic E-state index is 10.5. The normalized spacial score (nSPS) is 12.0. The van der Waals surface area contributed by atoms with E-state index in [1.54, 1.807) is 11.7 Å². The first kappa shape index (κ1) is 19.2. The van der Waals surface area contributed by atoms with Crippen molar-refractivity contribution in [3.05, 3.63) is 35.8 Å². The molecule has 0 amide bonds. The van der Waals surface area contributed by atoms with E-state index in [0.29, 0.717) is 28.4 Å². The zero-order chi connectivity index (χ0) is 19.2. The molecule has 0 saturated heterocycles. The molecular weight excluding hydrogens is 384 g/mol. The van der Waals surface area contributed by atoms with Gasteiger partial charge in [0.2, 0.25) is 5.13 Å². The smallest absolute Gasteiger partial charge is 0.206 e. The third-order valence-corrected chi connectivity index (χ3v) is 5.76. The molecule has 3 aromatic rings. The number of thioether (sulfide) groups is 1. The van der Waals surface area contributed by atoms with Crippen LogP contribution in [-0.4, -0.2) is 50.9 Å². The second-order valence-corrected chi connectivity index (χ2v) is 7.70. The number of ether oxygens (including phenoxy) is 1. The molecule has 3 rings (SSSR count). The van der Waals surface area contributed by atoms with E-state index in [1.165, 1.54) is 23.1 Å². The third kappa shape index (κ3) is 4.39. The van der Waals surface area contributed by atoms with E-state index in [2.05, 4.69) is 26.6 Å². The van der Waals surface area contributed by atoms with E-state index in [1.807, 2.05) is 31.3 Å². The van der Waals surface area contributed by atoms with Gasteiger partial charge in [0.1, 0.15) is 17.4 Å². The maximum Gasteiger partial charge on any atom is 0.206 e. The molecular formula is C17H18N6O2S2. The van der Waals surface area contributed by atoms with Crippen molar-refractivity contribution in [2.75, 3.05) is 31.3 Å². The van der Waals surface area contributed by atoms with Crippen LogP contribution in [0.1, 0.15) is 5.82 Å². The summed E-state index contributed by atoms with van der Waals surface area (Å²) in [4.78, 5) is 4.47. The number of aromatic nitrogens is 4. The molecule has 0 radical (unpaired) electrons. The van der Waals surface area contributed by atoms with Gasteiger partial charge in [-0.1, -0.05) is 35.2 Å². The average Bonchev–Trinajstić information content (AvgIpc) is 3.26. The highest BCUT2D eigenvalue weighted by molar-refractivity contribution is 8.01. The topological polar surface area (TPSA) is 109 Å². The lowest BCUT2D eigenvalue weighted by Crippen LogP contribution is -2.06. The van der Waals surface area contributed by atoms with Gasteiger partial charge in [-0.25, -0.2) is 4.98 Å². The number of rotatable bonds is 8. The van der Waals surface area contributed by atoms with Crippen molar-refractivity contribution >= 4 is 44.8 Å². The first-order chi connectivity index (χ1) is 13.1. The Morgan fingerprint density at radius 2 is 2.22 bits per heavy atom. The molecule has 0 aliphatic rings. The number of nitriles is 1. The van der Waals surface area contributed by atoms with Gasteiger partial charge < -0.3 is 19.7 Å². The summed E-state index contributed by atoms with van der Waals surface area (Å²) in [6, 6.07) is 9.66. The lowest BCUT2D eigenvalue weighted by Gasteiger charge is -2.04. The summed E-state index contributed by atoms with van der Waals surface area (Å²) >= 11 is 2.70. The van der Waals surface area contributed by atoms with Crippen molar-refractivity contribution in [2.24, 2.45) is 7.05 Å². The first-order valence-electron chi connectivity index (χ1n) is 8.07. The number of allylic oxidation sites excluding steroid dienone is 1. The van der Waals surface area contributed by atoms with E-state index < -0.39 is 0 Å². The predicted octanol–water partition coefficient (Wildman–Crippen LogP) is 3.07. The Kier molecular flexibility index (Phi) is 6.28. The van der Waals surface area contributed by atoms with E-state index in [9.17, 15) is 10.4 Å². The van der Waals surface area contributed by atoms with Crippen molar-refractivity contribution in [3.8, 4) is 6.07 Å². The summed E-state index contributed by atoms with van der Waals surface area (Å²) in [5, 5.41) is 31.9. The van der Waals surface area contributed by atoms with Crippen LogP contribution in [0, 0.1) is 11.3 Å². The monoisotopic (exact) mass is 402 g/mol. The molecule has 0 atom stereocenters. The van der Waals surface area contributed by atoms with E-state index in [0.717, 1.165) is 11.0 Å². The molecule has 8 nitrogen and oxygen atoms in total. The lowest BCUT2D eigenvalue weighted by molar-refractivity contribution is 0.211. The zero-order valence-electron chi connectivity index (χ0n) is 14.8. The molecule has 27 heavy (non-hydrogen) atoms. The number of aliphatic hydroxyl groups is 1. The van der Waals surface area contributed by atoms with Crippen LogP contribution in [0.4, 0.5) is 5.13 Å². The van der Waals surface area contributed by atoms with Crippen LogP contribution in [0.15, 0.2) is 34.4 Å². The molecule has 0 aliphatic heterocycles. The largest absolute Gasteiger partial charge is 0.510 e. The highest BCUT2D eigenvalue weighted by Gasteiger charge is 2.17. The predicted molar refractivity (Wildman–Crippen MR) is 107 cm³/mol. The highest BCUT2D eigenvalue weighted by atomic mass is 32.2. The Morgan fingerprint density at radius 3 is 2.96 bits per heavy atom. The summed E-state index contributed by atoms with van der Waals surface area (Å²) in [6.07, 6.45) is 0. The highest BCUT2D eigenvalue weighted by Crippen LogP contribution is 2.29. The average molecular weight is 403 g/mol. The molecule has 0 bridgehead atoms. The molecule has 10 heteroatoms. The Morgan fingerprint density at radius 1 is 1.41 bits per heavy atom. The fourth-order valence-corrected chi connectivity index (χ4v) is 4.07. The molecule has 0 unspecified atom stereocenters. The minimum Gasteiger partial charge on any atom is -0.510 e. The molecule has 0 spiro atoms. The van der Waals surface area contributed by atoms with Crippen LogP contribution in [0.3, 0.4) is 0 Å². The van der Waals surface area contributed by atoms with E-state index >= 15 is 0 Å². The fourth-order valence-electron chi connectivity index (χ4n) is 2.41. The van der Waals surface area contributed by atoms with Crippen LogP contribution in [0.5, 0.6) is 0 Å². The second-order valence-electron chi connectivity index (χ2n) is 5.50. The number of aryl methyl sites for hydroxylation is 1. The number of nitrogens with zero attached hydrogens (tertiary/aromatic N) is 5. The van der Waals surface area contributed by atoms with Crippen molar-refractivity contribution in [1.29, 1.82) is 5.26 Å². The third-order valence-electron chi connectivity index (χ3n) is 3.73. The first-order valence-corrected chi connectivity index (χ1v) is 9.87. The number of nitrogens with one attached hydrogen (secondary N) is 1. The van der Waals surface area contributed by atoms with Gasteiger partial charge in [-0.05, 0) is 12.1 Å². The summed E-state index contributed by atoms with van der Waals surface area (Å²) in [5.74, 6) is 0.611. The molecule has 2 aromatic heterocycles. The van der Waals surface area contributed by atoms with Crippen LogP contribution in [0.2, 0.25) is 0 Å². The van der Waals surface area contributed by atoms with Gasteiger partial charge in [0, 0.05) is 20.7 Å². The van der Waals surface area contributed by atoms with Crippen LogP contribution in [0.25, 0.3) is 16.6 Å².